The van der Waals surface area contributed by atoms with Crippen molar-refractivity contribution in [3.63, 3.8) is 0 Å². The van der Waals surface area contributed by atoms with Gasteiger partial charge in [-0.1, -0.05) is 37.8 Å². The third-order valence-corrected chi connectivity index (χ3v) is 11.6. The van der Waals surface area contributed by atoms with E-state index < -0.39 is 0 Å². The molecule has 9 rings (SSSR count). The molecule has 54 heavy (non-hydrogen) atoms. The lowest BCUT2D eigenvalue weighted by Crippen LogP contribution is -2.33. The first-order valence-corrected chi connectivity index (χ1v) is 19.9. The molecule has 1 N–H and O–H groups in total. The number of epoxide rings is 2. The van der Waals surface area contributed by atoms with E-state index in [0.717, 1.165) is 84.3 Å². The van der Waals surface area contributed by atoms with Crippen LogP contribution in [0.4, 0.5) is 17.1 Å². The van der Waals surface area contributed by atoms with Gasteiger partial charge in [0.05, 0.1) is 24.4 Å². The molecule has 0 radical (unpaired) electrons. The van der Waals surface area contributed by atoms with Gasteiger partial charge in [0, 0.05) is 54.5 Å². The molecule has 2 saturated carbocycles. The Bertz CT molecular complexity index is 1990. The van der Waals surface area contributed by atoms with Crippen molar-refractivity contribution < 1.29 is 33.4 Å². The van der Waals surface area contributed by atoms with E-state index >= 15 is 0 Å². The first kappa shape index (κ1) is 34.8. The van der Waals surface area contributed by atoms with Crippen LogP contribution in [-0.4, -0.2) is 71.9 Å². The van der Waals surface area contributed by atoms with Gasteiger partial charge in [0.2, 0.25) is 17.2 Å². The molecule has 2 heterocycles. The first-order valence-electron chi connectivity index (χ1n) is 19.9. The van der Waals surface area contributed by atoms with Crippen LogP contribution in [0.5, 0.6) is 11.5 Å². The SMILES string of the molecule is O=C1C(=C2C=CC(=[N+](c3ccc(OCC4CO4)cc3)C3CCCCC3)C=C2)C(O)=C1c1ccc(N(c2ccc(OCC3CO3)cc2)C2CCCCC2)cc1. The number of nitrogens with zero attached hydrogens (tertiary/aromatic N) is 2. The van der Waals surface area contributed by atoms with Crippen LogP contribution in [0.2, 0.25) is 0 Å². The zero-order valence-corrected chi connectivity index (χ0v) is 30.8. The molecule has 0 aromatic heterocycles. The van der Waals surface area contributed by atoms with E-state index in [4.69, 9.17) is 18.9 Å². The van der Waals surface area contributed by atoms with Crippen molar-refractivity contribution in [2.24, 2.45) is 0 Å². The number of hydrogen-bond donors (Lipinski definition) is 1. The van der Waals surface area contributed by atoms with E-state index in [2.05, 4.69) is 58.0 Å². The van der Waals surface area contributed by atoms with Gasteiger partial charge in [-0.15, -0.1) is 0 Å². The molecule has 0 bridgehead atoms. The van der Waals surface area contributed by atoms with Gasteiger partial charge in [0.15, 0.2) is 6.04 Å². The van der Waals surface area contributed by atoms with Crippen LogP contribution in [-0.2, 0) is 14.3 Å². The molecule has 4 fully saturated rings. The Balaban J connectivity index is 0.945. The van der Waals surface area contributed by atoms with Gasteiger partial charge in [0.25, 0.3) is 0 Å². The summed E-state index contributed by atoms with van der Waals surface area (Å²) in [5.74, 6) is 1.63. The van der Waals surface area contributed by atoms with Gasteiger partial charge in [0.1, 0.15) is 42.7 Å². The van der Waals surface area contributed by atoms with Gasteiger partial charge in [-0.2, -0.15) is 4.58 Å². The van der Waals surface area contributed by atoms with Crippen molar-refractivity contribution in [1.82, 2.24) is 0 Å². The van der Waals surface area contributed by atoms with Gasteiger partial charge in [-0.3, -0.25) is 4.79 Å². The molecule has 2 saturated heterocycles. The lowest BCUT2D eigenvalue weighted by Gasteiger charge is -2.36. The number of benzene rings is 3. The Hall–Kier alpha value is -4.92. The molecular weight excluding hydrogens is 677 g/mol. The second-order valence-corrected chi connectivity index (χ2v) is 15.4. The fraction of sp³-hybridized carbons (Fsp3) is 0.391. The maximum Gasteiger partial charge on any atom is 0.206 e. The van der Waals surface area contributed by atoms with Crippen LogP contribution in [0.3, 0.4) is 0 Å². The summed E-state index contributed by atoms with van der Waals surface area (Å²) in [6.07, 6.45) is 20.5. The van der Waals surface area contributed by atoms with Crippen molar-refractivity contribution in [2.75, 3.05) is 31.3 Å². The summed E-state index contributed by atoms with van der Waals surface area (Å²) < 4.78 is 24.8. The molecule has 278 valence electrons. The summed E-state index contributed by atoms with van der Waals surface area (Å²) in [6.45, 7) is 2.72. The van der Waals surface area contributed by atoms with E-state index in [0.29, 0.717) is 36.4 Å². The summed E-state index contributed by atoms with van der Waals surface area (Å²) in [6, 6.07) is 25.6. The fourth-order valence-electron chi connectivity index (χ4n) is 8.45. The van der Waals surface area contributed by atoms with Crippen LogP contribution < -0.4 is 14.4 Å². The van der Waals surface area contributed by atoms with E-state index in [1.54, 1.807) is 0 Å². The molecular formula is C46H49N2O6+. The third kappa shape index (κ3) is 7.55. The molecule has 2 unspecified atom stereocenters. The Morgan fingerprint density at radius 1 is 0.648 bits per heavy atom. The minimum absolute atomic E-state index is 0.0631. The van der Waals surface area contributed by atoms with E-state index in [-0.39, 0.29) is 23.8 Å². The van der Waals surface area contributed by atoms with E-state index in [9.17, 15) is 9.90 Å². The van der Waals surface area contributed by atoms with Crippen molar-refractivity contribution in [3.05, 3.63) is 120 Å². The minimum atomic E-state index is -0.124. The van der Waals surface area contributed by atoms with E-state index in [1.807, 2.05) is 48.6 Å². The van der Waals surface area contributed by atoms with Gasteiger partial charge < -0.3 is 29.0 Å². The number of ketones is 1. The standard InChI is InChI=1S/C46H48N2O6/c49-45-43(31-11-15-35(16-12-31)47(33-7-3-1-4-8-33)37-19-23-39(24-20-37)51-27-41-29-53-41)46(50)44(45)32-13-17-36(18-14-32)48(34-9-5-2-6-10-34)38-21-25-40(26-22-38)52-28-42-30-54-42/h11-26,33-34,41-42H,1-10,27-30H2/p+1. The van der Waals surface area contributed by atoms with Gasteiger partial charge in [-0.25, -0.2) is 0 Å². The van der Waals surface area contributed by atoms with Crippen LogP contribution in [0.25, 0.3) is 5.57 Å². The summed E-state index contributed by atoms with van der Waals surface area (Å²) in [5.41, 5.74) is 6.63. The molecule has 0 spiro atoms. The summed E-state index contributed by atoms with van der Waals surface area (Å²) >= 11 is 0. The molecule has 4 aliphatic carbocycles. The summed E-state index contributed by atoms with van der Waals surface area (Å²) in [5, 5.41) is 11.3. The minimum Gasteiger partial charge on any atom is -0.506 e. The molecule has 2 aliphatic heterocycles. The summed E-state index contributed by atoms with van der Waals surface area (Å²) in [7, 11) is 0. The zero-order chi connectivity index (χ0) is 36.4. The predicted molar refractivity (Wildman–Crippen MR) is 210 cm³/mol. The van der Waals surface area contributed by atoms with Crippen LogP contribution in [0, 0.1) is 0 Å². The number of aliphatic hydroxyl groups excluding tert-OH is 1. The molecule has 0 amide bonds. The normalized spacial score (nSPS) is 22.7. The lowest BCUT2D eigenvalue weighted by atomic mass is 9.80. The highest BCUT2D eigenvalue weighted by Gasteiger charge is 2.37. The molecule has 3 aromatic rings. The van der Waals surface area contributed by atoms with Crippen LogP contribution in [0.15, 0.2) is 114 Å². The Labute approximate surface area is 317 Å². The highest BCUT2D eigenvalue weighted by Crippen LogP contribution is 2.41. The number of carbonyl (C=O) groups excluding carboxylic acids is 1. The average Bonchev–Trinajstić information content (AvgIpc) is 4.17. The number of anilines is 2. The Morgan fingerprint density at radius 2 is 1.17 bits per heavy atom. The zero-order valence-electron chi connectivity index (χ0n) is 30.8. The van der Waals surface area contributed by atoms with Crippen molar-refractivity contribution >= 4 is 34.1 Å². The lowest BCUT2D eigenvalue weighted by molar-refractivity contribution is -0.488. The Kier molecular flexibility index (Phi) is 9.96. The maximum absolute atomic E-state index is 13.7. The highest BCUT2D eigenvalue weighted by atomic mass is 16.6. The van der Waals surface area contributed by atoms with Gasteiger partial charge >= 0.3 is 0 Å². The first-order chi connectivity index (χ1) is 26.6. The van der Waals surface area contributed by atoms with Crippen LogP contribution in [0.1, 0.15) is 69.8 Å². The number of rotatable bonds is 12. The average molecular weight is 726 g/mol. The third-order valence-electron chi connectivity index (χ3n) is 11.6. The monoisotopic (exact) mass is 725 g/mol. The molecule has 6 aliphatic rings. The molecule has 8 nitrogen and oxygen atoms in total. The molecule has 3 aromatic carbocycles. The van der Waals surface area contributed by atoms with Gasteiger partial charge in [-0.05, 0) is 97.5 Å². The van der Waals surface area contributed by atoms with Crippen LogP contribution >= 0.6 is 0 Å². The predicted octanol–water partition coefficient (Wildman–Crippen LogP) is 9.10. The Morgan fingerprint density at radius 3 is 1.70 bits per heavy atom. The second kappa shape index (κ2) is 15.4. The number of hydrogen-bond acceptors (Lipinski definition) is 7. The quantitative estimate of drug-likeness (QED) is 0.113. The smallest absolute Gasteiger partial charge is 0.206 e. The largest absolute Gasteiger partial charge is 0.506 e. The van der Waals surface area contributed by atoms with E-state index in [1.165, 1.54) is 38.5 Å². The van der Waals surface area contributed by atoms with Crippen molar-refractivity contribution in [2.45, 2.75) is 88.5 Å². The second-order valence-electron chi connectivity index (χ2n) is 15.4. The summed E-state index contributed by atoms with van der Waals surface area (Å²) in [4.78, 5) is 16.1. The highest BCUT2D eigenvalue weighted by molar-refractivity contribution is 6.39. The number of allylic oxidation sites excluding steroid dienone is 7. The fourth-order valence-corrected chi connectivity index (χ4v) is 8.45. The number of Topliss-reactive ketones (excluding diaryl/α,β-unsaturated/α-hetero) is 1. The number of ether oxygens (including phenoxy) is 4. The number of carbonyl (C=O) groups is 1. The maximum atomic E-state index is 13.7. The topological polar surface area (TPSA) is 87.1 Å². The molecule has 2 atom stereocenters. The van der Waals surface area contributed by atoms with Crippen molar-refractivity contribution in [3.8, 4) is 11.5 Å². The number of aliphatic hydroxyl groups is 1. The van der Waals surface area contributed by atoms with Crippen molar-refractivity contribution in [1.29, 1.82) is 0 Å². The molecule has 8 heteroatoms.